The fourth-order valence-corrected chi connectivity index (χ4v) is 2.53. The van der Waals surface area contributed by atoms with Crippen molar-refractivity contribution in [1.29, 1.82) is 0 Å². The molecular formula is C14H22LiNO4S. The van der Waals surface area contributed by atoms with Gasteiger partial charge in [0.25, 0.3) is 0 Å². The average Bonchev–Trinajstić information content (AvgIpc) is 2.26. The largest absolute Gasteiger partial charge is 1.00 e. The molecule has 0 bridgehead atoms. The minimum absolute atomic E-state index is 0. The van der Waals surface area contributed by atoms with Crippen molar-refractivity contribution in [2.75, 3.05) is 0 Å². The number of rotatable bonds is 4. The third-order valence-corrected chi connectivity index (χ3v) is 3.94. The SMILES string of the molecule is CC(C)C(c1ccc(S(=O)(=O)[O-])cc1)N(O)C(C)(C)C.[Li+]. The summed E-state index contributed by atoms with van der Waals surface area (Å²) in [6, 6.07) is 5.43. The van der Waals surface area contributed by atoms with Gasteiger partial charge in [0, 0.05) is 5.54 Å². The van der Waals surface area contributed by atoms with Gasteiger partial charge in [-0.1, -0.05) is 26.0 Å². The molecule has 1 N–H and O–H groups in total. The maximum atomic E-state index is 10.9. The van der Waals surface area contributed by atoms with E-state index in [2.05, 4.69) is 0 Å². The number of benzene rings is 1. The van der Waals surface area contributed by atoms with E-state index in [0.717, 1.165) is 5.56 Å². The zero-order chi connectivity index (χ0) is 15.7. The van der Waals surface area contributed by atoms with E-state index in [1.165, 1.54) is 17.2 Å². The number of nitrogens with zero attached hydrogens (tertiary/aromatic N) is 1. The maximum Gasteiger partial charge on any atom is 1.00 e. The normalized spacial score (nSPS) is 14.1. The molecule has 1 atom stereocenters. The molecule has 21 heavy (non-hydrogen) atoms. The summed E-state index contributed by atoms with van der Waals surface area (Å²) in [4.78, 5) is -0.260. The van der Waals surface area contributed by atoms with Crippen LogP contribution in [0.2, 0.25) is 0 Å². The molecule has 114 valence electrons. The summed E-state index contributed by atoms with van der Waals surface area (Å²) in [5.74, 6) is 0.119. The molecule has 1 aromatic rings. The zero-order valence-corrected chi connectivity index (χ0v) is 14.3. The van der Waals surface area contributed by atoms with Gasteiger partial charge < -0.3 is 9.76 Å². The minimum atomic E-state index is -4.44. The van der Waals surface area contributed by atoms with Crippen LogP contribution >= 0.6 is 0 Å². The Hall–Kier alpha value is -0.353. The van der Waals surface area contributed by atoms with Crippen molar-refractivity contribution in [3.63, 3.8) is 0 Å². The van der Waals surface area contributed by atoms with Gasteiger partial charge in [-0.2, -0.15) is 5.06 Å². The Morgan fingerprint density at radius 1 is 1.14 bits per heavy atom. The van der Waals surface area contributed by atoms with E-state index in [1.54, 1.807) is 12.1 Å². The van der Waals surface area contributed by atoms with Crippen molar-refractivity contribution in [3.8, 4) is 0 Å². The van der Waals surface area contributed by atoms with E-state index < -0.39 is 15.7 Å². The van der Waals surface area contributed by atoms with Crippen molar-refractivity contribution in [2.45, 2.75) is 51.1 Å². The van der Waals surface area contributed by atoms with Gasteiger partial charge in [-0.25, -0.2) is 8.42 Å². The van der Waals surface area contributed by atoms with Crippen LogP contribution in [-0.2, 0) is 10.1 Å². The van der Waals surface area contributed by atoms with Crippen LogP contribution in [0.15, 0.2) is 29.2 Å². The molecule has 0 amide bonds. The molecule has 1 rings (SSSR count). The van der Waals surface area contributed by atoms with E-state index in [-0.39, 0.29) is 35.7 Å². The molecule has 0 aliphatic heterocycles. The predicted octanol–water partition coefficient (Wildman–Crippen LogP) is -0.218. The molecule has 0 aromatic heterocycles. The number of hydrogen-bond donors (Lipinski definition) is 1. The molecule has 0 fully saturated rings. The molecule has 1 unspecified atom stereocenters. The fraction of sp³-hybridized carbons (Fsp3) is 0.571. The van der Waals surface area contributed by atoms with Crippen molar-refractivity contribution in [3.05, 3.63) is 29.8 Å². The summed E-state index contributed by atoms with van der Waals surface area (Å²) in [5.41, 5.74) is 0.322. The quantitative estimate of drug-likeness (QED) is 0.473. The molecule has 7 heteroatoms. The summed E-state index contributed by atoms with van der Waals surface area (Å²) in [6.45, 7) is 9.60. The summed E-state index contributed by atoms with van der Waals surface area (Å²) in [6.07, 6.45) is 0. The van der Waals surface area contributed by atoms with Crippen LogP contribution in [-0.4, -0.2) is 28.8 Å². The number of hydroxylamine groups is 2. The van der Waals surface area contributed by atoms with E-state index in [9.17, 15) is 18.2 Å². The minimum Gasteiger partial charge on any atom is -0.744 e. The molecule has 0 heterocycles. The van der Waals surface area contributed by atoms with Crippen molar-refractivity contribution in [1.82, 2.24) is 5.06 Å². The molecule has 1 aromatic carbocycles. The first kappa shape index (κ1) is 20.6. The summed E-state index contributed by atoms with van der Waals surface area (Å²) in [7, 11) is -4.44. The van der Waals surface area contributed by atoms with E-state index >= 15 is 0 Å². The van der Waals surface area contributed by atoms with E-state index in [1.807, 2.05) is 34.6 Å². The van der Waals surface area contributed by atoms with E-state index in [0.29, 0.717) is 0 Å². The van der Waals surface area contributed by atoms with Crippen molar-refractivity contribution in [2.24, 2.45) is 5.92 Å². The molecule has 0 radical (unpaired) electrons. The predicted molar refractivity (Wildman–Crippen MR) is 75.4 cm³/mol. The summed E-state index contributed by atoms with van der Waals surface area (Å²) in [5, 5.41) is 11.6. The van der Waals surface area contributed by atoms with Gasteiger partial charge in [-0.05, 0) is 44.4 Å². The number of hydrogen-bond acceptors (Lipinski definition) is 5. The Kier molecular flexibility index (Phi) is 7.15. The fourth-order valence-electron chi connectivity index (χ4n) is 2.06. The Balaban J connectivity index is 0.00000400. The first-order chi connectivity index (χ1) is 8.94. The summed E-state index contributed by atoms with van der Waals surface area (Å²) >= 11 is 0. The van der Waals surface area contributed by atoms with Gasteiger partial charge in [0.15, 0.2) is 0 Å². The molecule has 0 aliphatic rings. The standard InChI is InChI=1S/C14H23NO4S.Li/c1-10(2)13(15(16)14(3,4)5)11-6-8-12(9-7-11)20(17,18)19;/h6-10,13,16H,1-5H3,(H,17,18,19);/q;+1/p-1. The van der Waals surface area contributed by atoms with Crippen LogP contribution in [0.25, 0.3) is 0 Å². The van der Waals surface area contributed by atoms with Crippen LogP contribution in [0.4, 0.5) is 0 Å². The van der Waals surface area contributed by atoms with Gasteiger partial charge in [0.1, 0.15) is 10.1 Å². The van der Waals surface area contributed by atoms with Crippen LogP contribution in [0.3, 0.4) is 0 Å². The second kappa shape index (κ2) is 7.27. The van der Waals surface area contributed by atoms with Crippen molar-refractivity contribution >= 4 is 10.1 Å². The first-order valence-electron chi connectivity index (χ1n) is 6.48. The zero-order valence-electron chi connectivity index (χ0n) is 13.5. The topological polar surface area (TPSA) is 80.7 Å². The Morgan fingerprint density at radius 3 is 1.86 bits per heavy atom. The second-order valence-corrected chi connectivity index (χ2v) is 7.61. The average molecular weight is 307 g/mol. The first-order valence-corrected chi connectivity index (χ1v) is 7.89. The van der Waals surface area contributed by atoms with Crippen LogP contribution < -0.4 is 18.9 Å². The second-order valence-electron chi connectivity index (χ2n) is 6.23. The van der Waals surface area contributed by atoms with Crippen LogP contribution in [0.5, 0.6) is 0 Å². The van der Waals surface area contributed by atoms with Gasteiger partial charge >= 0.3 is 18.9 Å². The Labute approximate surface area is 139 Å². The Bertz CT molecular complexity index is 549. The molecule has 5 nitrogen and oxygen atoms in total. The molecule has 0 saturated heterocycles. The van der Waals surface area contributed by atoms with Crippen LogP contribution in [0, 0.1) is 5.92 Å². The molecular weight excluding hydrogens is 285 g/mol. The monoisotopic (exact) mass is 307 g/mol. The van der Waals surface area contributed by atoms with Gasteiger partial charge in [0.05, 0.1) is 10.9 Å². The maximum absolute atomic E-state index is 10.9. The summed E-state index contributed by atoms with van der Waals surface area (Å²) < 4.78 is 32.8. The smallest absolute Gasteiger partial charge is 0.744 e. The molecule has 0 aliphatic carbocycles. The Morgan fingerprint density at radius 2 is 1.57 bits per heavy atom. The van der Waals surface area contributed by atoms with Gasteiger partial charge in [-0.15, -0.1) is 0 Å². The molecule has 0 saturated carbocycles. The van der Waals surface area contributed by atoms with E-state index in [4.69, 9.17) is 0 Å². The van der Waals surface area contributed by atoms with Crippen LogP contribution in [0.1, 0.15) is 46.2 Å². The van der Waals surface area contributed by atoms with Gasteiger partial charge in [0.2, 0.25) is 0 Å². The third kappa shape index (κ3) is 5.40. The van der Waals surface area contributed by atoms with Gasteiger partial charge in [-0.3, -0.25) is 0 Å². The van der Waals surface area contributed by atoms with Crippen molar-refractivity contribution < 1.29 is 37.0 Å². The molecule has 0 spiro atoms. The third-order valence-electron chi connectivity index (χ3n) is 3.09.